The van der Waals surface area contributed by atoms with Crippen molar-refractivity contribution in [2.24, 2.45) is 0 Å². The fraction of sp³-hybridized carbons (Fsp3) is 0.529. The van der Waals surface area contributed by atoms with E-state index < -0.39 is 17.9 Å². The molecule has 21 heavy (non-hydrogen) atoms. The lowest BCUT2D eigenvalue weighted by Crippen LogP contribution is -2.44. The molecular weight excluding hydrogens is 266 g/mol. The molecule has 4 nitrogen and oxygen atoms in total. The third-order valence-corrected chi connectivity index (χ3v) is 4.68. The van der Waals surface area contributed by atoms with Gasteiger partial charge in [-0.1, -0.05) is 18.2 Å². The summed E-state index contributed by atoms with van der Waals surface area (Å²) in [6, 6.07) is 5.73. The third kappa shape index (κ3) is 2.23. The van der Waals surface area contributed by atoms with Gasteiger partial charge in [0, 0.05) is 12.8 Å². The molecule has 1 N–H and O–H groups in total. The quantitative estimate of drug-likeness (QED) is 0.865. The molecule has 1 aliphatic heterocycles. The molecule has 1 aromatic rings. The van der Waals surface area contributed by atoms with Gasteiger partial charge in [-0.05, 0) is 44.1 Å². The summed E-state index contributed by atoms with van der Waals surface area (Å²) in [7, 11) is 5.17. The zero-order valence-electron chi connectivity index (χ0n) is 14.7. The topological polar surface area (TPSA) is 41.9 Å². The number of aliphatic hydroxyl groups is 1. The predicted octanol–water partition coefficient (Wildman–Crippen LogP) is 1.97. The molecule has 0 amide bonds. The first kappa shape index (κ1) is 12.1. The van der Waals surface area contributed by atoms with Crippen molar-refractivity contribution in [2.45, 2.75) is 30.4 Å². The molecule has 1 aliphatic carbocycles. The Labute approximate surface area is 128 Å². The van der Waals surface area contributed by atoms with E-state index in [1.54, 1.807) is 14.2 Å². The Hall–Kier alpha value is -1.52. The summed E-state index contributed by atoms with van der Waals surface area (Å²) in [4.78, 5) is 2.11. The number of hydrogen-bond donors (Lipinski definition) is 1. The van der Waals surface area contributed by atoms with Crippen molar-refractivity contribution in [2.75, 3.05) is 27.8 Å². The van der Waals surface area contributed by atoms with Crippen LogP contribution in [-0.4, -0.2) is 50.0 Å². The van der Waals surface area contributed by atoms with E-state index in [1.807, 2.05) is 31.3 Å². The molecule has 0 aromatic heterocycles. The second-order valence-electron chi connectivity index (χ2n) is 5.73. The minimum absolute atomic E-state index is 0.131. The summed E-state index contributed by atoms with van der Waals surface area (Å²) in [5, 5.41) is 10.1. The molecule has 1 aromatic carbocycles. The van der Waals surface area contributed by atoms with Crippen molar-refractivity contribution in [1.82, 2.24) is 4.90 Å². The number of rotatable bonds is 3. The van der Waals surface area contributed by atoms with Gasteiger partial charge in [-0.15, -0.1) is 0 Å². The van der Waals surface area contributed by atoms with Crippen LogP contribution in [0.4, 0.5) is 0 Å². The van der Waals surface area contributed by atoms with Gasteiger partial charge in [0.25, 0.3) is 0 Å². The monoisotopic (exact) mass is 291 g/mol. The van der Waals surface area contributed by atoms with Crippen LogP contribution in [0.25, 0.3) is 0 Å². The molecule has 2 aliphatic rings. The van der Waals surface area contributed by atoms with Gasteiger partial charge in [0.15, 0.2) is 11.5 Å². The van der Waals surface area contributed by atoms with Gasteiger partial charge in [0.2, 0.25) is 0 Å². The van der Waals surface area contributed by atoms with E-state index in [2.05, 4.69) is 4.90 Å². The van der Waals surface area contributed by atoms with Gasteiger partial charge < -0.3 is 19.5 Å². The van der Waals surface area contributed by atoms with Crippen molar-refractivity contribution < 1.29 is 17.3 Å². The average molecular weight is 291 g/mol. The molecule has 4 atom stereocenters. The number of fused-ring (bicyclic) bond motifs is 1. The van der Waals surface area contributed by atoms with Crippen molar-refractivity contribution in [3.63, 3.8) is 0 Å². The standard InChI is InChI=1S/C17H23NO3/c1-18-9-8-17(7-6-13(19)11-16(17)18)12-4-5-14(20-2)15(10-12)21-3/h4-7,10,13,16,19H,8-9,11H2,1-3H3/t13-,16-,17-/m0/s1/i6D,11D/t11?,13-,16-,17-. The number of likely N-dealkylation sites (N-methyl/N-ethyl adjacent to an activating group) is 1. The van der Waals surface area contributed by atoms with E-state index in [4.69, 9.17) is 12.2 Å². The number of ether oxygens (including phenoxy) is 2. The van der Waals surface area contributed by atoms with E-state index in [1.165, 1.54) is 0 Å². The van der Waals surface area contributed by atoms with E-state index in [0.29, 0.717) is 11.5 Å². The molecule has 1 heterocycles. The fourth-order valence-corrected chi connectivity index (χ4v) is 3.50. The number of likely N-dealkylation sites (tertiary alicyclic amines) is 1. The van der Waals surface area contributed by atoms with Crippen LogP contribution < -0.4 is 9.47 Å². The van der Waals surface area contributed by atoms with E-state index in [0.717, 1.165) is 18.5 Å². The predicted molar refractivity (Wildman–Crippen MR) is 82.0 cm³/mol. The molecule has 3 rings (SSSR count). The van der Waals surface area contributed by atoms with Crippen molar-refractivity contribution in [3.05, 3.63) is 35.9 Å². The number of benzene rings is 1. The molecule has 1 fully saturated rings. The molecular formula is C17H23NO3. The highest BCUT2D eigenvalue weighted by atomic mass is 16.5. The summed E-state index contributed by atoms with van der Waals surface area (Å²) in [6.45, 7) is 0.824. The Kier molecular flexibility index (Phi) is 3.08. The Morgan fingerprint density at radius 2 is 2.14 bits per heavy atom. The summed E-state index contributed by atoms with van der Waals surface area (Å²) < 4.78 is 27.2. The lowest BCUT2D eigenvalue weighted by atomic mass is 9.69. The van der Waals surface area contributed by atoms with Crippen molar-refractivity contribution in [3.8, 4) is 11.5 Å². The first-order valence-electron chi connectivity index (χ1n) is 8.24. The Balaban J connectivity index is 2.15. The molecule has 114 valence electrons. The largest absolute Gasteiger partial charge is 0.493 e. The summed E-state index contributed by atoms with van der Waals surface area (Å²) in [5.74, 6) is 1.30. The first-order valence-corrected chi connectivity index (χ1v) is 7.17. The number of nitrogens with zero attached hydrogens (tertiary/aromatic N) is 1. The summed E-state index contributed by atoms with van der Waals surface area (Å²) in [5.41, 5.74) is 0.551. The van der Waals surface area contributed by atoms with Crippen LogP contribution in [0.15, 0.2) is 30.3 Å². The van der Waals surface area contributed by atoms with Crippen LogP contribution in [0.2, 0.25) is 0 Å². The Morgan fingerprint density at radius 1 is 1.38 bits per heavy atom. The summed E-state index contributed by atoms with van der Waals surface area (Å²) >= 11 is 0. The molecule has 0 saturated carbocycles. The zero-order chi connectivity index (χ0) is 16.8. The second-order valence-corrected chi connectivity index (χ2v) is 5.73. The molecule has 0 radical (unpaired) electrons. The smallest absolute Gasteiger partial charge is 0.161 e. The second kappa shape index (κ2) is 5.35. The summed E-state index contributed by atoms with van der Waals surface area (Å²) in [6.07, 6.45) is 0.869. The Morgan fingerprint density at radius 3 is 2.86 bits per heavy atom. The molecule has 0 spiro atoms. The van der Waals surface area contributed by atoms with Gasteiger partial charge in [0.05, 0.1) is 21.7 Å². The SMILES string of the molecule is [2H]C1=C[C@@]2(c3ccc(OC)c(OC)c3)CCN(C)[C@H]2C([2H])[C@H]1O. The van der Waals surface area contributed by atoms with Crippen molar-refractivity contribution in [1.29, 1.82) is 0 Å². The average Bonchev–Trinajstić information content (AvgIpc) is 2.89. The molecule has 0 bridgehead atoms. The zero-order valence-corrected chi connectivity index (χ0v) is 12.7. The number of hydrogen-bond acceptors (Lipinski definition) is 4. The van der Waals surface area contributed by atoms with Gasteiger partial charge in [-0.25, -0.2) is 0 Å². The first-order chi connectivity index (χ1) is 10.9. The van der Waals surface area contributed by atoms with Gasteiger partial charge in [0.1, 0.15) is 0 Å². The third-order valence-electron chi connectivity index (χ3n) is 4.68. The molecule has 1 unspecified atom stereocenters. The lowest BCUT2D eigenvalue weighted by molar-refractivity contribution is 0.137. The maximum atomic E-state index is 10.1. The Bertz CT molecular complexity index is 636. The lowest BCUT2D eigenvalue weighted by Gasteiger charge is -2.39. The van der Waals surface area contributed by atoms with Crippen LogP contribution in [-0.2, 0) is 5.41 Å². The van der Waals surface area contributed by atoms with E-state index in [-0.39, 0.29) is 12.1 Å². The van der Waals surface area contributed by atoms with Crippen LogP contribution in [0.1, 0.15) is 21.1 Å². The molecule has 1 saturated heterocycles. The number of aliphatic hydroxyl groups excluding tert-OH is 1. The highest BCUT2D eigenvalue weighted by molar-refractivity contribution is 5.48. The van der Waals surface area contributed by atoms with E-state index in [9.17, 15) is 5.11 Å². The highest BCUT2D eigenvalue weighted by Gasteiger charge is 2.48. The minimum atomic E-state index is -1.03. The van der Waals surface area contributed by atoms with Crippen LogP contribution in [0.5, 0.6) is 11.5 Å². The van der Waals surface area contributed by atoms with Crippen molar-refractivity contribution >= 4 is 0 Å². The van der Waals surface area contributed by atoms with Crippen LogP contribution in [0.3, 0.4) is 0 Å². The van der Waals surface area contributed by atoms with E-state index >= 15 is 0 Å². The van der Waals surface area contributed by atoms with Crippen LogP contribution in [0, 0.1) is 0 Å². The van der Waals surface area contributed by atoms with Crippen LogP contribution >= 0.6 is 0 Å². The maximum Gasteiger partial charge on any atom is 0.161 e. The maximum absolute atomic E-state index is 10.1. The minimum Gasteiger partial charge on any atom is -0.493 e. The molecule has 4 heteroatoms. The van der Waals surface area contributed by atoms with Gasteiger partial charge in [-0.2, -0.15) is 0 Å². The highest BCUT2D eigenvalue weighted by Crippen LogP contribution is 2.46. The fourth-order valence-electron chi connectivity index (χ4n) is 3.50. The van der Waals surface area contributed by atoms with Gasteiger partial charge in [-0.3, -0.25) is 0 Å². The van der Waals surface area contributed by atoms with Gasteiger partial charge >= 0.3 is 0 Å². The normalized spacial score (nSPS) is 37.3. The number of methoxy groups -OCH3 is 2.